The van der Waals surface area contributed by atoms with Gasteiger partial charge in [-0.15, -0.1) is 11.3 Å². The number of benzene rings is 6. The molecule has 6 aromatic carbocycles. The number of thiophene rings is 1. The van der Waals surface area contributed by atoms with E-state index in [1.807, 2.05) is 11.3 Å². The lowest BCUT2D eigenvalue weighted by Crippen LogP contribution is -2.54. The Bertz CT molecular complexity index is 2550. The summed E-state index contributed by atoms with van der Waals surface area (Å²) in [6.07, 6.45) is 0. The quantitative estimate of drug-likeness (QED) is 0.164. The van der Waals surface area contributed by atoms with Crippen LogP contribution in [-0.4, -0.2) is 6.71 Å². The molecule has 0 N–H and O–H groups in total. The van der Waals surface area contributed by atoms with E-state index in [4.69, 9.17) is 0 Å². The molecule has 3 heteroatoms. The molecule has 0 fully saturated rings. The van der Waals surface area contributed by atoms with Crippen LogP contribution in [-0.2, 0) is 16.2 Å². The molecule has 0 unspecified atom stereocenters. The van der Waals surface area contributed by atoms with Crippen LogP contribution < -0.4 is 21.3 Å². The molecule has 0 aliphatic carbocycles. The number of hydrogen-bond acceptors (Lipinski definition) is 2. The Balaban J connectivity index is 1.41. The molecule has 0 saturated heterocycles. The second-order valence-corrected chi connectivity index (χ2v) is 19.0. The third-order valence-corrected chi connectivity index (χ3v) is 12.5. The molecule has 0 saturated carbocycles. The van der Waals surface area contributed by atoms with Gasteiger partial charge in [-0.1, -0.05) is 141 Å². The fraction of sp³-hybridized carbons (Fsp3) is 0.250. The minimum Gasteiger partial charge on any atom is -0.311 e. The van der Waals surface area contributed by atoms with Crippen molar-refractivity contribution in [3.63, 3.8) is 0 Å². The number of fused-ring (bicyclic) bond motifs is 8. The molecule has 9 rings (SSSR count). The molecule has 0 bridgehead atoms. The first-order valence-corrected chi connectivity index (χ1v) is 19.3. The monoisotopic (exact) mass is 679 g/mol. The highest BCUT2D eigenvalue weighted by atomic mass is 32.1. The Labute approximate surface area is 308 Å². The van der Waals surface area contributed by atoms with Gasteiger partial charge in [-0.2, -0.15) is 0 Å². The van der Waals surface area contributed by atoms with Crippen LogP contribution in [0, 0.1) is 0 Å². The van der Waals surface area contributed by atoms with Gasteiger partial charge < -0.3 is 4.90 Å². The highest BCUT2D eigenvalue weighted by Gasteiger charge is 2.43. The highest BCUT2D eigenvalue weighted by molar-refractivity contribution is 7.26. The summed E-state index contributed by atoms with van der Waals surface area (Å²) in [4.78, 5) is 2.60. The number of nitrogens with zero attached hydrogens (tertiary/aromatic N) is 1. The maximum atomic E-state index is 2.60. The molecule has 0 atom stereocenters. The maximum absolute atomic E-state index is 2.60. The first kappa shape index (κ1) is 32.3. The van der Waals surface area contributed by atoms with E-state index in [0.717, 1.165) is 0 Å². The Kier molecular flexibility index (Phi) is 6.94. The predicted octanol–water partition coefficient (Wildman–Crippen LogP) is 11.9. The highest BCUT2D eigenvalue weighted by Crippen LogP contribution is 2.47. The van der Waals surface area contributed by atoms with E-state index in [1.165, 1.54) is 92.6 Å². The van der Waals surface area contributed by atoms with Gasteiger partial charge in [0.1, 0.15) is 0 Å². The van der Waals surface area contributed by atoms with E-state index in [9.17, 15) is 0 Å². The van der Waals surface area contributed by atoms with E-state index in [0.29, 0.717) is 0 Å². The average Bonchev–Trinajstić information content (AvgIpc) is 3.63. The molecule has 1 nitrogen and oxygen atoms in total. The maximum Gasteiger partial charge on any atom is 0.248 e. The Morgan fingerprint density at radius 2 is 1.14 bits per heavy atom. The summed E-state index contributed by atoms with van der Waals surface area (Å²) in [5, 5.41) is 2.70. The second-order valence-electron chi connectivity index (χ2n) is 17.9. The predicted molar refractivity (Wildman–Crippen MR) is 226 cm³/mol. The van der Waals surface area contributed by atoms with Gasteiger partial charge in [0.15, 0.2) is 0 Å². The van der Waals surface area contributed by atoms with Crippen LogP contribution in [0.4, 0.5) is 17.1 Å². The molecular weight excluding hydrogens is 633 g/mol. The van der Waals surface area contributed by atoms with E-state index < -0.39 is 0 Å². The lowest BCUT2D eigenvalue weighted by Gasteiger charge is -2.38. The largest absolute Gasteiger partial charge is 0.311 e. The Hall–Kier alpha value is -4.60. The van der Waals surface area contributed by atoms with Crippen molar-refractivity contribution in [1.29, 1.82) is 0 Å². The lowest BCUT2D eigenvalue weighted by atomic mass is 9.37. The van der Waals surface area contributed by atoms with E-state index in [2.05, 4.69) is 182 Å². The molecule has 0 radical (unpaired) electrons. The zero-order valence-corrected chi connectivity index (χ0v) is 32.2. The van der Waals surface area contributed by atoms with Crippen LogP contribution in [0.5, 0.6) is 0 Å². The number of hydrogen-bond donors (Lipinski definition) is 0. The van der Waals surface area contributed by atoms with Gasteiger partial charge in [0, 0.05) is 37.2 Å². The van der Waals surface area contributed by atoms with Gasteiger partial charge in [0.2, 0.25) is 6.71 Å². The van der Waals surface area contributed by atoms with Crippen molar-refractivity contribution >= 4 is 71.7 Å². The van der Waals surface area contributed by atoms with Crippen LogP contribution in [0.2, 0.25) is 0 Å². The normalized spacial score (nSPS) is 13.9. The Morgan fingerprint density at radius 3 is 1.88 bits per heavy atom. The van der Waals surface area contributed by atoms with E-state index >= 15 is 0 Å². The molecule has 7 aromatic rings. The first-order chi connectivity index (χ1) is 24.2. The number of rotatable bonds is 2. The van der Waals surface area contributed by atoms with E-state index in [-0.39, 0.29) is 23.0 Å². The van der Waals surface area contributed by atoms with Gasteiger partial charge >= 0.3 is 0 Å². The summed E-state index contributed by atoms with van der Waals surface area (Å²) in [5.41, 5.74) is 17.5. The molecule has 2 aliphatic rings. The third-order valence-electron chi connectivity index (χ3n) is 11.3. The minimum absolute atomic E-state index is 0.0199. The van der Waals surface area contributed by atoms with Crippen molar-refractivity contribution in [3.8, 4) is 22.3 Å². The van der Waals surface area contributed by atoms with Crippen molar-refractivity contribution in [2.24, 2.45) is 0 Å². The summed E-state index contributed by atoms with van der Waals surface area (Å²) in [6.45, 7) is 21.1. The van der Waals surface area contributed by atoms with Crippen molar-refractivity contribution in [3.05, 3.63) is 132 Å². The van der Waals surface area contributed by atoms with Gasteiger partial charge in [0.25, 0.3) is 0 Å². The van der Waals surface area contributed by atoms with Gasteiger partial charge in [0.05, 0.1) is 0 Å². The average molecular weight is 680 g/mol. The zero-order valence-electron chi connectivity index (χ0n) is 31.4. The molecule has 2 aliphatic heterocycles. The summed E-state index contributed by atoms with van der Waals surface area (Å²) in [5.74, 6) is 0. The second kappa shape index (κ2) is 11.0. The SMILES string of the molecule is CC(C)(C)c1cccc(N2c3cc(C(C)(C)C)ccc3B3c4ccc(C(C)(C)C)cc4-c4cc(-c5cccc6sc7ccccc7c56)cc2c43)c1. The van der Waals surface area contributed by atoms with Crippen LogP contribution in [0.25, 0.3) is 42.4 Å². The summed E-state index contributed by atoms with van der Waals surface area (Å²) >= 11 is 1.90. The molecular formula is C48H46BNS. The molecule has 252 valence electrons. The minimum atomic E-state index is 0.0199. The van der Waals surface area contributed by atoms with Crippen LogP contribution >= 0.6 is 11.3 Å². The van der Waals surface area contributed by atoms with Crippen molar-refractivity contribution < 1.29 is 0 Å². The number of anilines is 3. The molecule has 51 heavy (non-hydrogen) atoms. The Morgan fingerprint density at radius 1 is 0.490 bits per heavy atom. The van der Waals surface area contributed by atoms with Crippen LogP contribution in [0.1, 0.15) is 79.0 Å². The molecule has 3 heterocycles. The van der Waals surface area contributed by atoms with Gasteiger partial charge in [-0.3, -0.25) is 0 Å². The zero-order chi connectivity index (χ0) is 35.6. The van der Waals surface area contributed by atoms with Crippen LogP contribution in [0.3, 0.4) is 0 Å². The van der Waals surface area contributed by atoms with Crippen LogP contribution in [0.15, 0.2) is 115 Å². The third kappa shape index (κ3) is 5.03. The first-order valence-electron chi connectivity index (χ1n) is 18.5. The molecule has 0 amide bonds. The molecule has 0 spiro atoms. The smallest absolute Gasteiger partial charge is 0.248 e. The summed E-state index contributed by atoms with van der Waals surface area (Å²) in [6, 6.07) is 44.7. The fourth-order valence-electron chi connectivity index (χ4n) is 8.47. The lowest BCUT2D eigenvalue weighted by molar-refractivity contribution is 0.590. The van der Waals surface area contributed by atoms with Gasteiger partial charge in [-0.05, 0) is 109 Å². The van der Waals surface area contributed by atoms with Crippen molar-refractivity contribution in [2.75, 3.05) is 4.90 Å². The topological polar surface area (TPSA) is 3.24 Å². The summed E-state index contributed by atoms with van der Waals surface area (Å²) in [7, 11) is 0. The van der Waals surface area contributed by atoms with E-state index in [1.54, 1.807) is 0 Å². The summed E-state index contributed by atoms with van der Waals surface area (Å²) < 4.78 is 2.68. The van der Waals surface area contributed by atoms with Crippen molar-refractivity contribution in [1.82, 2.24) is 0 Å². The van der Waals surface area contributed by atoms with Gasteiger partial charge in [-0.25, -0.2) is 0 Å². The standard InChI is InChI=1S/C48H46BNS/c1-46(2,3)30-14-12-15-33(26-30)50-40-28-32(48(7,8)9)21-23-39(40)49-38-22-20-31(47(4,5)6)27-36(38)37-24-29(25-41(50)45(37)49)34-17-13-19-43-44(34)35-16-10-11-18-42(35)51-43/h10-28H,1-9H3. The molecule has 1 aromatic heterocycles. The fourth-order valence-corrected chi connectivity index (χ4v) is 9.61. The van der Waals surface area contributed by atoms with Crippen molar-refractivity contribution in [2.45, 2.75) is 78.6 Å².